The lowest BCUT2D eigenvalue weighted by atomic mass is 9.83. The minimum absolute atomic E-state index is 0.129. The first-order valence-corrected chi connectivity index (χ1v) is 13.4. The molecule has 7 nitrogen and oxygen atoms in total. The van der Waals surface area contributed by atoms with Crippen molar-refractivity contribution in [3.8, 4) is 11.5 Å². The summed E-state index contributed by atoms with van der Waals surface area (Å²) < 4.78 is 12.7. The second-order valence-electron chi connectivity index (χ2n) is 10.6. The summed E-state index contributed by atoms with van der Waals surface area (Å²) in [6, 6.07) is 27.1. The number of rotatable bonds is 8. The topological polar surface area (TPSA) is 77.2 Å². The molecule has 4 heterocycles. The van der Waals surface area contributed by atoms with Crippen LogP contribution < -0.4 is 5.32 Å². The third-order valence-corrected chi connectivity index (χ3v) is 8.09. The van der Waals surface area contributed by atoms with Gasteiger partial charge in [0.25, 0.3) is 5.89 Å². The Kier molecular flexibility index (Phi) is 6.68. The maximum Gasteiger partial charge on any atom is 0.333 e. The number of hydrogen-bond donors (Lipinski definition) is 1. The van der Waals surface area contributed by atoms with Crippen molar-refractivity contribution in [2.45, 2.75) is 38.5 Å². The zero-order valence-electron chi connectivity index (χ0n) is 21.6. The van der Waals surface area contributed by atoms with Gasteiger partial charge in [0.15, 0.2) is 12.1 Å². The van der Waals surface area contributed by atoms with E-state index in [1.54, 1.807) is 0 Å². The number of esters is 1. The van der Waals surface area contributed by atoms with Gasteiger partial charge in [0.05, 0.1) is 13.1 Å². The molecule has 2 atom stereocenters. The van der Waals surface area contributed by atoms with E-state index in [4.69, 9.17) is 9.26 Å². The van der Waals surface area contributed by atoms with Crippen LogP contribution in [0.2, 0.25) is 0 Å². The normalized spacial score (nSPS) is 23.1. The molecule has 3 aliphatic heterocycles. The van der Waals surface area contributed by atoms with Gasteiger partial charge in [-0.15, -0.1) is 0 Å². The number of fused-ring (bicyclic) bond motifs is 3. The fourth-order valence-electron chi connectivity index (χ4n) is 5.92. The van der Waals surface area contributed by atoms with E-state index in [0.29, 0.717) is 24.2 Å². The van der Waals surface area contributed by atoms with Gasteiger partial charge >= 0.3 is 5.97 Å². The summed E-state index contributed by atoms with van der Waals surface area (Å²) in [6.07, 6.45) is 1.93. The molecular weight excluding hydrogens is 476 g/mol. The molecule has 3 aliphatic rings. The van der Waals surface area contributed by atoms with Crippen molar-refractivity contribution in [1.29, 1.82) is 0 Å². The van der Waals surface area contributed by atoms with Crippen LogP contribution in [0.25, 0.3) is 11.5 Å². The lowest BCUT2D eigenvalue weighted by Crippen LogP contribution is -2.64. The number of carbonyl (C=O) groups excluding carboxylic acids is 1. The summed E-state index contributed by atoms with van der Waals surface area (Å²) in [7, 11) is 0. The molecule has 194 valence electrons. The first kappa shape index (κ1) is 24.4. The minimum Gasteiger partial charge on any atom is -0.454 e. The Morgan fingerprint density at radius 2 is 1.68 bits per heavy atom. The average molecular weight is 510 g/mol. The summed E-state index contributed by atoms with van der Waals surface area (Å²) in [5, 5.41) is 7.74. The van der Waals surface area contributed by atoms with E-state index in [9.17, 15) is 4.79 Å². The largest absolute Gasteiger partial charge is 0.454 e. The van der Waals surface area contributed by atoms with E-state index in [1.807, 2.05) is 91.9 Å². The van der Waals surface area contributed by atoms with Gasteiger partial charge in [0, 0.05) is 30.0 Å². The third-order valence-electron chi connectivity index (χ3n) is 8.09. The van der Waals surface area contributed by atoms with Gasteiger partial charge in [-0.2, -0.15) is 4.98 Å². The number of para-hydroxylation sites is 1. The van der Waals surface area contributed by atoms with Gasteiger partial charge in [-0.3, -0.25) is 0 Å². The summed E-state index contributed by atoms with van der Waals surface area (Å²) in [6.45, 7) is 5.57. The van der Waals surface area contributed by atoms with E-state index in [0.717, 1.165) is 59.3 Å². The Labute approximate surface area is 223 Å². The fraction of sp³-hybridized carbons (Fsp3) is 0.323. The Bertz CT molecular complexity index is 1380. The molecule has 4 aromatic rings. The van der Waals surface area contributed by atoms with Gasteiger partial charge < -0.3 is 19.1 Å². The molecule has 2 bridgehead atoms. The van der Waals surface area contributed by atoms with Crippen molar-refractivity contribution in [3.63, 3.8) is 0 Å². The number of hydrogen-bond acceptors (Lipinski definition) is 6. The predicted molar refractivity (Wildman–Crippen MR) is 145 cm³/mol. The second-order valence-corrected chi connectivity index (χ2v) is 10.6. The summed E-state index contributed by atoms with van der Waals surface area (Å²) in [5.41, 5.74) is 3.83. The summed E-state index contributed by atoms with van der Waals surface area (Å²) in [4.78, 5) is 18.4. The molecule has 1 aromatic heterocycles. The molecule has 0 radical (unpaired) electrons. The molecule has 7 rings (SSSR count). The van der Waals surface area contributed by atoms with Crippen LogP contribution in [0.3, 0.4) is 0 Å². The van der Waals surface area contributed by atoms with Crippen molar-refractivity contribution >= 4 is 11.7 Å². The maximum atomic E-state index is 13.7. The highest BCUT2D eigenvalue weighted by atomic mass is 16.5. The van der Waals surface area contributed by atoms with Crippen LogP contribution in [0.4, 0.5) is 5.69 Å². The zero-order valence-corrected chi connectivity index (χ0v) is 21.6. The molecule has 3 fully saturated rings. The van der Waals surface area contributed by atoms with E-state index < -0.39 is 6.04 Å². The number of aromatic nitrogens is 2. The highest BCUT2D eigenvalue weighted by Crippen LogP contribution is 2.38. The third kappa shape index (κ3) is 5.07. The molecule has 3 saturated heterocycles. The number of quaternary nitrogens is 1. The lowest BCUT2D eigenvalue weighted by molar-refractivity contribution is -0.958. The van der Waals surface area contributed by atoms with E-state index in [2.05, 4.69) is 15.5 Å². The molecule has 0 saturated carbocycles. The molecule has 0 aliphatic carbocycles. The number of anilines is 1. The van der Waals surface area contributed by atoms with Crippen molar-refractivity contribution in [2.24, 2.45) is 5.92 Å². The Morgan fingerprint density at radius 1 is 1.00 bits per heavy atom. The van der Waals surface area contributed by atoms with E-state index in [1.165, 1.54) is 0 Å². The SMILES string of the molecule is Cc1ccccc1NC(C(=O)O[C@H]1C[N+]2(Cc3noc(-c4ccccc4)n3)CCC1CC2)c1ccccc1. The van der Waals surface area contributed by atoms with E-state index >= 15 is 0 Å². The Morgan fingerprint density at radius 3 is 2.42 bits per heavy atom. The predicted octanol–water partition coefficient (Wildman–Crippen LogP) is 5.55. The molecule has 38 heavy (non-hydrogen) atoms. The molecular formula is C31H33N4O3+. The van der Waals surface area contributed by atoms with Gasteiger partial charge in [-0.1, -0.05) is 71.9 Å². The average Bonchev–Trinajstić information content (AvgIpc) is 3.42. The first-order chi connectivity index (χ1) is 18.6. The monoisotopic (exact) mass is 509 g/mol. The number of nitrogens with one attached hydrogen (secondary N) is 1. The van der Waals surface area contributed by atoms with Crippen LogP contribution in [0.1, 0.15) is 35.8 Å². The molecule has 0 amide bonds. The maximum absolute atomic E-state index is 13.7. The van der Waals surface area contributed by atoms with Crippen molar-refractivity contribution in [1.82, 2.24) is 10.1 Å². The highest BCUT2D eigenvalue weighted by molar-refractivity contribution is 5.81. The highest BCUT2D eigenvalue weighted by Gasteiger charge is 2.48. The van der Waals surface area contributed by atoms with Crippen molar-refractivity contribution in [2.75, 3.05) is 25.0 Å². The van der Waals surface area contributed by atoms with Crippen molar-refractivity contribution in [3.05, 3.63) is 102 Å². The molecule has 1 N–H and O–H groups in total. The van der Waals surface area contributed by atoms with Crippen molar-refractivity contribution < 1.29 is 18.5 Å². The summed E-state index contributed by atoms with van der Waals surface area (Å²) in [5.74, 6) is 1.40. The number of piperidine rings is 3. The molecule has 7 heteroatoms. The Hall–Kier alpha value is -3.97. The minimum atomic E-state index is -0.577. The Balaban J connectivity index is 1.18. The standard InChI is InChI=1S/C31H33N4O3/c1-22-10-8-9-15-26(22)32-29(24-11-4-2-5-12-24)31(36)37-27-20-35(18-16-23(27)17-19-35)21-28-33-30(38-34-28)25-13-6-3-7-14-25/h2-15,23,27,29,32H,16-21H2,1H3/q+1/t23?,27-,29?,35?/m0/s1. The van der Waals surface area contributed by atoms with Crippen LogP contribution in [0.5, 0.6) is 0 Å². The number of benzene rings is 3. The fourth-order valence-corrected chi connectivity index (χ4v) is 5.92. The lowest BCUT2D eigenvalue weighted by Gasteiger charge is -2.51. The van der Waals surface area contributed by atoms with Gasteiger partial charge in [0.2, 0.25) is 5.82 Å². The quantitative estimate of drug-likeness (QED) is 0.248. The number of carbonyl (C=O) groups is 1. The molecule has 0 spiro atoms. The van der Waals surface area contributed by atoms with Crippen LogP contribution >= 0.6 is 0 Å². The zero-order chi connectivity index (χ0) is 26.0. The van der Waals surface area contributed by atoms with Gasteiger partial charge in [-0.05, 0) is 36.2 Å². The van der Waals surface area contributed by atoms with E-state index in [-0.39, 0.29) is 12.1 Å². The smallest absolute Gasteiger partial charge is 0.333 e. The molecule has 3 aromatic carbocycles. The number of ether oxygens (including phenoxy) is 1. The van der Waals surface area contributed by atoms with Gasteiger partial charge in [-0.25, -0.2) is 4.79 Å². The number of nitrogens with zero attached hydrogens (tertiary/aromatic N) is 3. The molecule has 1 unspecified atom stereocenters. The van der Waals surface area contributed by atoms with Crippen LogP contribution in [0, 0.1) is 12.8 Å². The van der Waals surface area contributed by atoms with Crippen LogP contribution in [0.15, 0.2) is 89.5 Å². The number of aryl methyl sites for hydroxylation is 1. The second kappa shape index (κ2) is 10.4. The van der Waals surface area contributed by atoms with Gasteiger partial charge in [0.1, 0.15) is 13.1 Å². The van der Waals surface area contributed by atoms with Crippen LogP contribution in [-0.4, -0.2) is 46.3 Å². The first-order valence-electron chi connectivity index (χ1n) is 13.4. The van der Waals surface area contributed by atoms with Crippen LogP contribution in [-0.2, 0) is 16.1 Å². The summed E-state index contributed by atoms with van der Waals surface area (Å²) >= 11 is 0.